The van der Waals surface area contributed by atoms with Gasteiger partial charge in [0.2, 0.25) is 0 Å². The highest BCUT2D eigenvalue weighted by atomic mass is 32.2. The summed E-state index contributed by atoms with van der Waals surface area (Å²) in [5.74, 6) is -1.94. The van der Waals surface area contributed by atoms with Gasteiger partial charge in [0.05, 0.1) is 15.9 Å². The molecule has 2 N–H and O–H groups in total. The van der Waals surface area contributed by atoms with E-state index in [-0.39, 0.29) is 16.5 Å². The maximum Gasteiger partial charge on any atom is 0.336 e. The number of phenols is 2. The summed E-state index contributed by atoms with van der Waals surface area (Å²) in [6.45, 7) is 0. The Kier molecular flexibility index (Phi) is 2.76. The molecule has 0 bridgehead atoms. The van der Waals surface area contributed by atoms with Crippen LogP contribution in [-0.4, -0.2) is 23.2 Å². The summed E-state index contributed by atoms with van der Waals surface area (Å²) < 4.78 is 36.9. The van der Waals surface area contributed by atoms with Crippen molar-refractivity contribution < 1.29 is 27.6 Å². The number of rotatable bonds is 2. The van der Waals surface area contributed by atoms with Crippen molar-refractivity contribution >= 4 is 21.1 Å². The van der Waals surface area contributed by atoms with Crippen LogP contribution in [0.4, 0.5) is 0 Å². The van der Waals surface area contributed by atoms with E-state index >= 15 is 0 Å². The number of benzene rings is 1. The monoisotopic (exact) mass is 271 g/mol. The number of aromatic hydroxyl groups is 2. The third-order valence-electron chi connectivity index (χ3n) is 2.26. The van der Waals surface area contributed by atoms with Crippen molar-refractivity contribution in [2.75, 3.05) is 0 Å². The second-order valence-corrected chi connectivity index (χ2v) is 5.03. The molecule has 1 aromatic heterocycles. The molecule has 0 saturated heterocycles. The van der Waals surface area contributed by atoms with Crippen molar-refractivity contribution in [2.24, 2.45) is 0 Å². The molecule has 7 nitrogen and oxygen atoms in total. The molecule has 0 aliphatic rings. The standard InChI is InChI=1S/C10H8O7S/c11-7-2-6-5(4-18(14,15)16)1-10(13)17-9(6)3-8(7)12/h1-3,11-12H,4H2,(H,14,15,16)/p-1. The number of hydrogen-bond donors (Lipinski definition) is 2. The van der Waals surface area contributed by atoms with Crippen LogP contribution in [0.3, 0.4) is 0 Å². The summed E-state index contributed by atoms with van der Waals surface area (Å²) in [6.07, 6.45) is 0. The first-order chi connectivity index (χ1) is 8.26. The summed E-state index contributed by atoms with van der Waals surface area (Å²) >= 11 is 0. The molecule has 0 amide bonds. The lowest BCUT2D eigenvalue weighted by molar-refractivity contribution is 0.403. The van der Waals surface area contributed by atoms with E-state index < -0.39 is 33.0 Å². The molecule has 0 radical (unpaired) electrons. The van der Waals surface area contributed by atoms with E-state index in [0.717, 1.165) is 18.2 Å². The van der Waals surface area contributed by atoms with Crippen molar-refractivity contribution in [3.63, 3.8) is 0 Å². The van der Waals surface area contributed by atoms with Crippen molar-refractivity contribution in [1.82, 2.24) is 0 Å². The van der Waals surface area contributed by atoms with Gasteiger partial charge in [0.15, 0.2) is 11.5 Å². The molecule has 0 spiro atoms. The molecule has 0 aliphatic carbocycles. The van der Waals surface area contributed by atoms with Gasteiger partial charge in [-0.05, 0) is 11.6 Å². The van der Waals surface area contributed by atoms with Crippen molar-refractivity contribution in [1.29, 1.82) is 0 Å². The summed E-state index contributed by atoms with van der Waals surface area (Å²) in [7, 11) is -4.58. The highest BCUT2D eigenvalue weighted by Crippen LogP contribution is 2.31. The quantitative estimate of drug-likeness (QED) is 0.455. The lowest BCUT2D eigenvalue weighted by Crippen LogP contribution is -2.07. The third kappa shape index (κ3) is 2.44. The summed E-state index contributed by atoms with van der Waals surface area (Å²) in [5, 5.41) is 18.6. The van der Waals surface area contributed by atoms with Gasteiger partial charge >= 0.3 is 5.63 Å². The van der Waals surface area contributed by atoms with E-state index in [2.05, 4.69) is 0 Å². The highest BCUT2D eigenvalue weighted by Gasteiger charge is 2.11. The maximum absolute atomic E-state index is 11.2. The zero-order valence-corrected chi connectivity index (χ0v) is 9.60. The summed E-state index contributed by atoms with van der Waals surface area (Å²) in [4.78, 5) is 11.2. The van der Waals surface area contributed by atoms with Crippen LogP contribution in [0.25, 0.3) is 11.0 Å². The van der Waals surface area contributed by atoms with E-state index in [1.54, 1.807) is 0 Å². The van der Waals surface area contributed by atoms with Gasteiger partial charge in [0.1, 0.15) is 5.58 Å². The molecular formula is C10H7O7S-. The predicted octanol–water partition coefficient (Wildman–Crippen LogP) is 0.249. The molecule has 0 unspecified atom stereocenters. The molecule has 0 aliphatic heterocycles. The van der Waals surface area contributed by atoms with E-state index in [1.807, 2.05) is 0 Å². The number of fused-ring (bicyclic) bond motifs is 1. The van der Waals surface area contributed by atoms with Gasteiger partial charge in [-0.2, -0.15) is 0 Å². The van der Waals surface area contributed by atoms with Crippen LogP contribution in [0.5, 0.6) is 11.5 Å². The van der Waals surface area contributed by atoms with Crippen LogP contribution in [0.15, 0.2) is 27.4 Å². The number of hydrogen-bond acceptors (Lipinski definition) is 7. The molecule has 8 heteroatoms. The van der Waals surface area contributed by atoms with Gasteiger partial charge in [0, 0.05) is 17.5 Å². The van der Waals surface area contributed by atoms with Gasteiger partial charge in [-0.15, -0.1) is 0 Å². The molecule has 1 heterocycles. The number of phenolic OH excluding ortho intramolecular Hbond substituents is 2. The normalized spacial score (nSPS) is 11.8. The smallest absolute Gasteiger partial charge is 0.336 e. The Balaban J connectivity index is 2.80. The van der Waals surface area contributed by atoms with E-state index in [0.29, 0.717) is 0 Å². The Hall–Kier alpha value is -2.06. The zero-order chi connectivity index (χ0) is 13.5. The maximum atomic E-state index is 11.2. The molecule has 18 heavy (non-hydrogen) atoms. The van der Waals surface area contributed by atoms with E-state index in [9.17, 15) is 28.0 Å². The van der Waals surface area contributed by atoms with Gasteiger partial charge in [-0.25, -0.2) is 13.2 Å². The van der Waals surface area contributed by atoms with Gasteiger partial charge in [-0.3, -0.25) is 0 Å². The predicted molar refractivity (Wildman–Crippen MR) is 59.2 cm³/mol. The minimum absolute atomic E-state index is 0.0734. The van der Waals surface area contributed by atoms with Crippen molar-refractivity contribution in [3.8, 4) is 11.5 Å². The fourth-order valence-electron chi connectivity index (χ4n) is 1.56. The Morgan fingerprint density at radius 2 is 1.78 bits per heavy atom. The van der Waals surface area contributed by atoms with Gasteiger partial charge in [0.25, 0.3) is 0 Å². The molecular weight excluding hydrogens is 264 g/mol. The fourth-order valence-corrected chi connectivity index (χ4v) is 2.18. The van der Waals surface area contributed by atoms with Crippen LogP contribution in [0, 0.1) is 0 Å². The molecule has 96 valence electrons. The Morgan fingerprint density at radius 1 is 1.17 bits per heavy atom. The molecule has 0 atom stereocenters. The highest BCUT2D eigenvalue weighted by molar-refractivity contribution is 7.84. The average Bonchev–Trinajstić information content (AvgIpc) is 2.18. The first-order valence-corrected chi connectivity index (χ1v) is 6.26. The van der Waals surface area contributed by atoms with Gasteiger partial charge < -0.3 is 19.2 Å². The van der Waals surface area contributed by atoms with Gasteiger partial charge in [-0.1, -0.05) is 0 Å². The Morgan fingerprint density at radius 3 is 2.39 bits per heavy atom. The zero-order valence-electron chi connectivity index (χ0n) is 8.78. The lowest BCUT2D eigenvalue weighted by atomic mass is 10.1. The Labute approximate surface area is 101 Å². The summed E-state index contributed by atoms with van der Waals surface area (Å²) in [6, 6.07) is 2.84. The van der Waals surface area contributed by atoms with Crippen molar-refractivity contribution in [3.05, 3.63) is 34.2 Å². The van der Waals surface area contributed by atoms with Crippen LogP contribution >= 0.6 is 0 Å². The lowest BCUT2D eigenvalue weighted by Gasteiger charge is -2.09. The first-order valence-electron chi connectivity index (χ1n) is 4.68. The fraction of sp³-hybridized carbons (Fsp3) is 0.100. The largest absolute Gasteiger partial charge is 0.748 e. The van der Waals surface area contributed by atoms with E-state index in [1.165, 1.54) is 0 Å². The summed E-state index contributed by atoms with van der Waals surface area (Å²) in [5.41, 5.74) is -1.06. The SMILES string of the molecule is O=c1cc(CS(=O)(=O)[O-])c2cc(O)c(O)cc2o1. The minimum Gasteiger partial charge on any atom is -0.748 e. The van der Waals surface area contributed by atoms with Crippen LogP contribution in [0.1, 0.15) is 5.56 Å². The molecule has 1 aromatic carbocycles. The van der Waals surface area contributed by atoms with Crippen molar-refractivity contribution in [2.45, 2.75) is 5.75 Å². The second-order valence-electron chi connectivity index (χ2n) is 3.63. The third-order valence-corrected chi connectivity index (χ3v) is 2.92. The minimum atomic E-state index is -4.58. The average molecular weight is 271 g/mol. The van der Waals surface area contributed by atoms with Crippen LogP contribution < -0.4 is 5.63 Å². The molecule has 0 saturated carbocycles. The van der Waals surface area contributed by atoms with Crippen LogP contribution in [0.2, 0.25) is 0 Å². The second kappa shape index (κ2) is 4.00. The first kappa shape index (κ1) is 12.4. The molecule has 0 fully saturated rings. The van der Waals surface area contributed by atoms with Crippen LogP contribution in [-0.2, 0) is 15.9 Å². The molecule has 2 aromatic rings. The topological polar surface area (TPSA) is 128 Å². The molecule has 2 rings (SSSR count). The Bertz CT molecular complexity index is 773. The van der Waals surface area contributed by atoms with E-state index in [4.69, 9.17) is 4.42 Å².